The van der Waals surface area contributed by atoms with Gasteiger partial charge in [-0.05, 0) is 38.3 Å². The van der Waals surface area contributed by atoms with Crippen LogP contribution in [-0.2, 0) is 13.6 Å². The third kappa shape index (κ3) is 3.98. The van der Waals surface area contributed by atoms with Crippen LogP contribution >= 0.6 is 0 Å². The Bertz CT molecular complexity index is 763. The summed E-state index contributed by atoms with van der Waals surface area (Å²) in [7, 11) is 1.98. The van der Waals surface area contributed by atoms with Crippen molar-refractivity contribution < 1.29 is 0 Å². The average molecular weight is 353 g/mol. The molecule has 1 aliphatic heterocycles. The highest BCUT2D eigenvalue weighted by Gasteiger charge is 2.26. The topological polar surface area (TPSA) is 70.4 Å². The van der Waals surface area contributed by atoms with Crippen molar-refractivity contribution in [3.05, 3.63) is 42.0 Å². The van der Waals surface area contributed by atoms with Crippen LogP contribution in [0.3, 0.4) is 0 Å². The van der Waals surface area contributed by atoms with Gasteiger partial charge in [0.15, 0.2) is 11.8 Å². The first-order valence-corrected chi connectivity index (χ1v) is 9.41. The number of hydrogen-bond acceptors (Lipinski definition) is 4. The molecule has 1 aromatic heterocycles. The van der Waals surface area contributed by atoms with E-state index in [0.717, 1.165) is 37.1 Å². The maximum absolute atomic E-state index is 4.76. The molecule has 4 rings (SSSR count). The highest BCUT2D eigenvalue weighted by Crippen LogP contribution is 2.21. The number of rotatable bonds is 5. The van der Waals surface area contributed by atoms with Crippen molar-refractivity contribution in [1.29, 1.82) is 0 Å². The molecule has 0 bridgehead atoms. The number of anilines is 1. The Morgan fingerprint density at radius 2 is 1.88 bits per heavy atom. The van der Waals surface area contributed by atoms with Gasteiger partial charge in [-0.25, -0.2) is 4.99 Å². The molecule has 7 nitrogen and oxygen atoms in total. The summed E-state index contributed by atoms with van der Waals surface area (Å²) >= 11 is 0. The fraction of sp³-hybridized carbons (Fsp3) is 0.526. The molecule has 1 saturated carbocycles. The molecule has 1 aliphatic carbocycles. The number of aryl methyl sites for hydroxylation is 1. The van der Waals surface area contributed by atoms with Crippen LogP contribution in [0.1, 0.15) is 30.9 Å². The van der Waals surface area contributed by atoms with Crippen LogP contribution in [0.2, 0.25) is 0 Å². The monoisotopic (exact) mass is 353 g/mol. The lowest BCUT2D eigenvalue weighted by Gasteiger charge is -2.20. The Morgan fingerprint density at radius 1 is 1.12 bits per heavy atom. The van der Waals surface area contributed by atoms with E-state index in [-0.39, 0.29) is 0 Å². The van der Waals surface area contributed by atoms with E-state index in [1.807, 2.05) is 18.5 Å². The Morgan fingerprint density at radius 3 is 2.58 bits per heavy atom. The minimum atomic E-state index is 0.404. The van der Waals surface area contributed by atoms with E-state index in [1.54, 1.807) is 0 Å². The fourth-order valence-electron chi connectivity index (χ4n) is 3.24. The molecule has 2 N–H and O–H groups in total. The standard InChI is InChI=1S/C19H27N7/c1-14-23-24-18(25(14)2)12-20-19(21-15-8-9-15)22-16-10-11-26(13-16)17-6-4-3-5-7-17/h3-7,15-16H,8-13H2,1-2H3,(H2,20,21,22). The number of nitrogens with one attached hydrogen (secondary N) is 2. The molecule has 138 valence electrons. The van der Waals surface area contributed by atoms with E-state index in [1.165, 1.54) is 18.5 Å². The summed E-state index contributed by atoms with van der Waals surface area (Å²) in [4.78, 5) is 7.19. The Kier molecular flexibility index (Phi) is 4.77. The number of nitrogens with zero attached hydrogens (tertiary/aromatic N) is 5. The van der Waals surface area contributed by atoms with Crippen molar-refractivity contribution >= 4 is 11.6 Å². The molecule has 0 radical (unpaired) electrons. The van der Waals surface area contributed by atoms with Gasteiger partial charge >= 0.3 is 0 Å². The Hall–Kier alpha value is -2.57. The molecule has 1 saturated heterocycles. The first kappa shape index (κ1) is 16.9. The normalized spacial score (nSPS) is 20.5. The zero-order chi connectivity index (χ0) is 17.9. The average Bonchev–Trinajstić information content (AvgIpc) is 3.26. The highest BCUT2D eigenvalue weighted by atomic mass is 15.3. The van der Waals surface area contributed by atoms with E-state index < -0.39 is 0 Å². The molecule has 7 heteroatoms. The largest absolute Gasteiger partial charge is 0.369 e. The van der Waals surface area contributed by atoms with Crippen LogP contribution in [0.15, 0.2) is 35.3 Å². The SMILES string of the molecule is Cc1nnc(CN=C(NC2CC2)NC2CCN(c3ccccc3)C2)n1C. The zero-order valence-corrected chi connectivity index (χ0v) is 15.5. The van der Waals surface area contributed by atoms with Crippen molar-refractivity contribution in [3.63, 3.8) is 0 Å². The lowest BCUT2D eigenvalue weighted by atomic mass is 10.3. The number of para-hydroxylation sites is 1. The first-order chi connectivity index (χ1) is 12.7. The maximum Gasteiger partial charge on any atom is 0.192 e. The summed E-state index contributed by atoms with van der Waals surface area (Å²) in [5, 5.41) is 15.5. The van der Waals surface area contributed by atoms with Gasteiger partial charge in [0.25, 0.3) is 0 Å². The first-order valence-electron chi connectivity index (χ1n) is 9.41. The van der Waals surface area contributed by atoms with Gasteiger partial charge < -0.3 is 20.1 Å². The van der Waals surface area contributed by atoms with Crippen molar-refractivity contribution in [1.82, 2.24) is 25.4 Å². The molecular formula is C19H27N7. The smallest absolute Gasteiger partial charge is 0.192 e. The van der Waals surface area contributed by atoms with Crippen LogP contribution in [0.4, 0.5) is 5.69 Å². The molecule has 1 atom stereocenters. The predicted octanol–water partition coefficient (Wildman–Crippen LogP) is 1.60. The van der Waals surface area contributed by atoms with Crippen molar-refractivity contribution in [3.8, 4) is 0 Å². The molecule has 0 spiro atoms. The summed E-state index contributed by atoms with van der Waals surface area (Å²) in [5.41, 5.74) is 1.29. The molecular weight excluding hydrogens is 326 g/mol. The Balaban J connectivity index is 1.39. The van der Waals surface area contributed by atoms with E-state index in [0.29, 0.717) is 18.6 Å². The van der Waals surface area contributed by atoms with Gasteiger partial charge in [-0.1, -0.05) is 18.2 Å². The van der Waals surface area contributed by atoms with Crippen LogP contribution < -0.4 is 15.5 Å². The van der Waals surface area contributed by atoms with Crippen LogP contribution in [-0.4, -0.2) is 45.9 Å². The van der Waals surface area contributed by atoms with Crippen LogP contribution in [0, 0.1) is 6.92 Å². The minimum Gasteiger partial charge on any atom is -0.369 e. The number of aliphatic imine (C=N–C) groups is 1. The van der Waals surface area contributed by atoms with Gasteiger partial charge in [-0.15, -0.1) is 10.2 Å². The molecule has 2 heterocycles. The molecule has 26 heavy (non-hydrogen) atoms. The van der Waals surface area contributed by atoms with E-state index in [9.17, 15) is 0 Å². The van der Waals surface area contributed by atoms with Crippen molar-refractivity contribution in [2.45, 2.75) is 44.8 Å². The number of aromatic nitrogens is 3. The summed E-state index contributed by atoms with van der Waals surface area (Å²) < 4.78 is 1.99. The van der Waals surface area contributed by atoms with Gasteiger partial charge in [0, 0.05) is 37.9 Å². The van der Waals surface area contributed by atoms with Gasteiger partial charge in [0.2, 0.25) is 0 Å². The molecule has 2 fully saturated rings. The minimum absolute atomic E-state index is 0.404. The molecule has 2 aromatic rings. The van der Waals surface area contributed by atoms with E-state index >= 15 is 0 Å². The molecule has 2 aliphatic rings. The van der Waals surface area contributed by atoms with Gasteiger partial charge in [-0.2, -0.15) is 0 Å². The lowest BCUT2D eigenvalue weighted by Crippen LogP contribution is -2.45. The third-order valence-corrected chi connectivity index (χ3v) is 5.13. The van der Waals surface area contributed by atoms with Crippen molar-refractivity contribution in [2.24, 2.45) is 12.0 Å². The second-order valence-corrected chi connectivity index (χ2v) is 7.22. The summed E-state index contributed by atoms with van der Waals surface area (Å²) in [6, 6.07) is 11.6. The van der Waals surface area contributed by atoms with Crippen LogP contribution in [0.25, 0.3) is 0 Å². The summed E-state index contributed by atoms with van der Waals surface area (Å²) in [5.74, 6) is 2.69. The summed E-state index contributed by atoms with van der Waals surface area (Å²) in [6.07, 6.45) is 3.57. The Labute approximate surface area is 154 Å². The number of hydrogen-bond donors (Lipinski definition) is 2. The fourth-order valence-corrected chi connectivity index (χ4v) is 3.24. The zero-order valence-electron chi connectivity index (χ0n) is 15.5. The van der Waals surface area contributed by atoms with Crippen molar-refractivity contribution in [2.75, 3.05) is 18.0 Å². The lowest BCUT2D eigenvalue weighted by molar-refractivity contribution is 0.642. The highest BCUT2D eigenvalue weighted by molar-refractivity contribution is 5.80. The van der Waals surface area contributed by atoms with Gasteiger partial charge in [-0.3, -0.25) is 0 Å². The van der Waals surface area contributed by atoms with Crippen LogP contribution in [0.5, 0.6) is 0 Å². The van der Waals surface area contributed by atoms with E-state index in [2.05, 4.69) is 56.1 Å². The third-order valence-electron chi connectivity index (χ3n) is 5.13. The van der Waals surface area contributed by atoms with Gasteiger partial charge in [0.05, 0.1) is 0 Å². The van der Waals surface area contributed by atoms with Gasteiger partial charge in [0.1, 0.15) is 12.4 Å². The number of guanidine groups is 1. The molecule has 1 aromatic carbocycles. The predicted molar refractivity (Wildman–Crippen MR) is 103 cm³/mol. The molecule has 0 amide bonds. The second-order valence-electron chi connectivity index (χ2n) is 7.22. The second kappa shape index (κ2) is 7.35. The quantitative estimate of drug-likeness (QED) is 0.631. The molecule has 1 unspecified atom stereocenters. The van der Waals surface area contributed by atoms with E-state index in [4.69, 9.17) is 4.99 Å². The summed E-state index contributed by atoms with van der Waals surface area (Å²) in [6.45, 7) is 4.56. The maximum atomic E-state index is 4.76. The number of benzene rings is 1.